The van der Waals surface area contributed by atoms with Crippen molar-refractivity contribution >= 4 is 15.9 Å². The van der Waals surface area contributed by atoms with Gasteiger partial charge >= 0.3 is 0 Å². The second kappa shape index (κ2) is 7.80. The molecule has 0 unspecified atom stereocenters. The Labute approximate surface area is 149 Å². The lowest BCUT2D eigenvalue weighted by Crippen LogP contribution is -2.30. The summed E-state index contributed by atoms with van der Waals surface area (Å²) in [5.41, 5.74) is 3.36. The normalized spacial score (nSPS) is 11.6. The third-order valence-corrected chi connectivity index (χ3v) is 5.56. The average Bonchev–Trinajstić information content (AvgIpc) is 2.54. The van der Waals surface area contributed by atoms with Crippen LogP contribution in [-0.4, -0.2) is 20.4 Å². The summed E-state index contributed by atoms with van der Waals surface area (Å²) in [4.78, 5) is 12.6. The van der Waals surface area contributed by atoms with Gasteiger partial charge in [-0.05, 0) is 62.6 Å². The van der Waals surface area contributed by atoms with E-state index < -0.39 is 10.0 Å². The molecule has 1 amide bonds. The second-order valence-corrected chi connectivity index (χ2v) is 8.07. The van der Waals surface area contributed by atoms with Gasteiger partial charge in [0.2, 0.25) is 10.0 Å². The molecule has 0 saturated heterocycles. The maximum absolute atomic E-state index is 12.4. The van der Waals surface area contributed by atoms with Crippen LogP contribution in [0.5, 0.6) is 0 Å². The van der Waals surface area contributed by atoms with Crippen LogP contribution in [0.4, 0.5) is 0 Å². The van der Waals surface area contributed by atoms with E-state index in [0.717, 1.165) is 16.7 Å². The van der Waals surface area contributed by atoms with Crippen LogP contribution in [-0.2, 0) is 16.6 Å². The van der Waals surface area contributed by atoms with E-state index in [-0.39, 0.29) is 23.4 Å². The number of rotatable bonds is 6. The standard InChI is InChI=1S/C19H24N2O3S/c1-13(2)21-25(23,24)17-9-6-8-16(11-17)12-20-19(22)18-10-5-7-14(3)15(18)4/h5-11,13,21H,12H2,1-4H3,(H,20,22). The molecule has 2 rings (SSSR count). The number of hydrogen-bond donors (Lipinski definition) is 2. The highest BCUT2D eigenvalue weighted by Gasteiger charge is 2.16. The minimum absolute atomic E-state index is 0.172. The molecule has 0 atom stereocenters. The first-order valence-electron chi connectivity index (χ1n) is 8.16. The van der Waals surface area contributed by atoms with Crippen molar-refractivity contribution in [3.8, 4) is 0 Å². The van der Waals surface area contributed by atoms with Gasteiger partial charge < -0.3 is 5.32 Å². The Morgan fingerprint density at radius 1 is 1.08 bits per heavy atom. The Hall–Kier alpha value is -2.18. The number of aryl methyl sites for hydroxylation is 1. The lowest BCUT2D eigenvalue weighted by atomic mass is 10.0. The van der Waals surface area contributed by atoms with E-state index in [9.17, 15) is 13.2 Å². The molecule has 0 bridgehead atoms. The van der Waals surface area contributed by atoms with Gasteiger partial charge in [-0.2, -0.15) is 0 Å². The lowest BCUT2D eigenvalue weighted by Gasteiger charge is -2.12. The van der Waals surface area contributed by atoms with Crippen molar-refractivity contribution < 1.29 is 13.2 Å². The highest BCUT2D eigenvalue weighted by molar-refractivity contribution is 7.89. The van der Waals surface area contributed by atoms with E-state index in [0.29, 0.717) is 5.56 Å². The van der Waals surface area contributed by atoms with Gasteiger partial charge in [-0.3, -0.25) is 4.79 Å². The molecule has 2 aromatic rings. The van der Waals surface area contributed by atoms with Crippen LogP contribution in [0.25, 0.3) is 0 Å². The summed E-state index contributed by atoms with van der Waals surface area (Å²) in [5.74, 6) is -0.172. The van der Waals surface area contributed by atoms with Gasteiger partial charge in [-0.15, -0.1) is 0 Å². The van der Waals surface area contributed by atoms with Gasteiger partial charge in [-0.25, -0.2) is 13.1 Å². The molecule has 2 aromatic carbocycles. The van der Waals surface area contributed by atoms with Crippen molar-refractivity contribution in [3.05, 3.63) is 64.7 Å². The van der Waals surface area contributed by atoms with Gasteiger partial charge in [0.05, 0.1) is 4.90 Å². The molecule has 5 nitrogen and oxygen atoms in total. The van der Waals surface area contributed by atoms with E-state index in [4.69, 9.17) is 0 Å². The van der Waals surface area contributed by atoms with Gasteiger partial charge in [0.1, 0.15) is 0 Å². The van der Waals surface area contributed by atoms with Crippen LogP contribution in [0.2, 0.25) is 0 Å². The molecular weight excluding hydrogens is 336 g/mol. The molecule has 0 radical (unpaired) electrons. The number of hydrogen-bond acceptors (Lipinski definition) is 3. The molecule has 0 saturated carbocycles. The van der Waals surface area contributed by atoms with Crippen molar-refractivity contribution in [2.75, 3.05) is 0 Å². The molecular formula is C19H24N2O3S. The zero-order chi connectivity index (χ0) is 18.6. The summed E-state index contributed by atoms with van der Waals surface area (Å²) in [6.45, 7) is 7.67. The molecule has 25 heavy (non-hydrogen) atoms. The number of amides is 1. The summed E-state index contributed by atoms with van der Waals surface area (Å²) >= 11 is 0. The summed E-state index contributed by atoms with van der Waals surface area (Å²) in [7, 11) is -3.55. The maximum atomic E-state index is 12.4. The van der Waals surface area contributed by atoms with E-state index in [1.54, 1.807) is 44.2 Å². The van der Waals surface area contributed by atoms with Crippen molar-refractivity contribution in [2.24, 2.45) is 0 Å². The van der Waals surface area contributed by atoms with Gasteiger partial charge in [-0.1, -0.05) is 24.3 Å². The van der Waals surface area contributed by atoms with Gasteiger partial charge in [0.25, 0.3) is 5.91 Å². The van der Waals surface area contributed by atoms with Crippen LogP contribution in [0.15, 0.2) is 47.4 Å². The highest BCUT2D eigenvalue weighted by atomic mass is 32.2. The molecule has 134 valence electrons. The Kier molecular flexibility index (Phi) is 5.98. The minimum Gasteiger partial charge on any atom is -0.348 e. The second-order valence-electron chi connectivity index (χ2n) is 6.35. The van der Waals surface area contributed by atoms with E-state index >= 15 is 0 Å². The molecule has 0 heterocycles. The van der Waals surface area contributed by atoms with Crippen LogP contribution >= 0.6 is 0 Å². The third-order valence-electron chi connectivity index (χ3n) is 3.90. The van der Waals surface area contributed by atoms with Crippen molar-refractivity contribution in [1.29, 1.82) is 0 Å². The smallest absolute Gasteiger partial charge is 0.251 e. The number of nitrogens with one attached hydrogen (secondary N) is 2. The minimum atomic E-state index is -3.55. The first-order valence-corrected chi connectivity index (χ1v) is 9.64. The van der Waals surface area contributed by atoms with Crippen LogP contribution in [0.3, 0.4) is 0 Å². The summed E-state index contributed by atoms with van der Waals surface area (Å²) in [6.07, 6.45) is 0. The third kappa shape index (κ3) is 4.90. The quantitative estimate of drug-likeness (QED) is 0.832. The average molecular weight is 360 g/mol. The number of sulfonamides is 1. The molecule has 2 N–H and O–H groups in total. The molecule has 6 heteroatoms. The predicted molar refractivity (Wildman–Crippen MR) is 99.0 cm³/mol. The first-order chi connectivity index (χ1) is 11.7. The fourth-order valence-electron chi connectivity index (χ4n) is 2.48. The molecule has 0 aliphatic carbocycles. The molecule has 0 spiro atoms. The molecule has 0 fully saturated rings. The highest BCUT2D eigenvalue weighted by Crippen LogP contribution is 2.14. The fraction of sp³-hybridized carbons (Fsp3) is 0.316. The Balaban J connectivity index is 2.13. The molecule has 0 aliphatic rings. The predicted octanol–water partition coefficient (Wildman–Crippen LogP) is 2.92. The zero-order valence-electron chi connectivity index (χ0n) is 15.0. The summed E-state index contributed by atoms with van der Waals surface area (Å²) < 4.78 is 27.0. The van der Waals surface area contributed by atoms with Gasteiger partial charge in [0.15, 0.2) is 0 Å². The SMILES string of the molecule is Cc1cccc(C(=O)NCc2cccc(S(=O)(=O)NC(C)C)c2)c1C. The zero-order valence-corrected chi connectivity index (χ0v) is 15.8. The summed E-state index contributed by atoms with van der Waals surface area (Å²) in [5, 5.41) is 2.85. The largest absolute Gasteiger partial charge is 0.348 e. The Morgan fingerprint density at radius 3 is 2.44 bits per heavy atom. The number of benzene rings is 2. The number of carbonyl (C=O) groups excluding carboxylic acids is 1. The van der Waals surface area contributed by atoms with E-state index in [1.165, 1.54) is 0 Å². The van der Waals surface area contributed by atoms with Gasteiger partial charge in [0, 0.05) is 18.2 Å². The summed E-state index contributed by atoms with van der Waals surface area (Å²) in [6, 6.07) is 12.0. The van der Waals surface area contributed by atoms with Crippen molar-refractivity contribution in [1.82, 2.24) is 10.0 Å². The fourth-order valence-corrected chi connectivity index (χ4v) is 3.80. The van der Waals surface area contributed by atoms with E-state index in [1.807, 2.05) is 26.0 Å². The van der Waals surface area contributed by atoms with E-state index in [2.05, 4.69) is 10.0 Å². The van der Waals surface area contributed by atoms with Crippen molar-refractivity contribution in [3.63, 3.8) is 0 Å². The Morgan fingerprint density at radius 2 is 1.76 bits per heavy atom. The first kappa shape index (κ1) is 19.1. The van der Waals surface area contributed by atoms with Crippen LogP contribution < -0.4 is 10.0 Å². The molecule has 0 aliphatic heterocycles. The van der Waals surface area contributed by atoms with Crippen LogP contribution in [0.1, 0.15) is 40.9 Å². The van der Waals surface area contributed by atoms with Crippen LogP contribution in [0, 0.1) is 13.8 Å². The number of carbonyl (C=O) groups is 1. The molecule has 0 aromatic heterocycles. The maximum Gasteiger partial charge on any atom is 0.251 e. The van der Waals surface area contributed by atoms with Crippen molar-refractivity contribution in [2.45, 2.75) is 45.2 Å². The Bertz CT molecular complexity index is 874. The topological polar surface area (TPSA) is 75.3 Å². The lowest BCUT2D eigenvalue weighted by molar-refractivity contribution is 0.0950. The monoisotopic (exact) mass is 360 g/mol.